The van der Waals surface area contributed by atoms with E-state index in [1.807, 2.05) is 13.0 Å². The molecule has 0 radical (unpaired) electrons. The van der Waals surface area contributed by atoms with Crippen LogP contribution in [0.2, 0.25) is 0 Å². The van der Waals surface area contributed by atoms with Gasteiger partial charge in [-0.3, -0.25) is 4.79 Å². The normalized spacial score (nSPS) is 10.7. The molecule has 0 atom stereocenters. The number of rotatable bonds is 4. The number of benzene rings is 1. The highest BCUT2D eigenvalue weighted by molar-refractivity contribution is 6.04. The molecule has 25 heavy (non-hydrogen) atoms. The summed E-state index contributed by atoms with van der Waals surface area (Å²) in [6, 6.07) is 7.90. The number of nitrogens with two attached hydrogens (primary N) is 1. The van der Waals surface area contributed by atoms with E-state index in [1.165, 1.54) is 19.2 Å². The Bertz CT molecular complexity index is 961. The minimum atomic E-state index is -0.564. The fourth-order valence-corrected chi connectivity index (χ4v) is 2.40. The second kappa shape index (κ2) is 6.68. The third-order valence-corrected chi connectivity index (χ3v) is 3.71. The van der Waals surface area contributed by atoms with Gasteiger partial charge in [-0.25, -0.2) is 19.3 Å². The molecule has 3 rings (SSSR count). The number of amides is 1. The largest absolute Gasteiger partial charge is 0.481 e. The Kier molecular flexibility index (Phi) is 4.42. The van der Waals surface area contributed by atoms with Gasteiger partial charge < -0.3 is 15.8 Å². The molecule has 0 unspecified atom stereocenters. The number of fused-ring (bicyclic) bond motifs is 1. The molecule has 2 heterocycles. The number of carbonyl (C=O) groups excluding carboxylic acids is 1. The van der Waals surface area contributed by atoms with Gasteiger partial charge in [0.2, 0.25) is 11.8 Å². The molecular formula is C17H16FN5O2. The standard InChI is InChI=1S/C17H16FN5O2/c1-9-6-7-13(25-2)21-12(9)8-20-16(24)15-10-4-3-5-11(18)14(10)22-17(19)23-15/h3-7H,8H2,1-2H3,(H,20,24)(H2,19,22,23). The number of ether oxygens (including phenoxy) is 1. The zero-order valence-corrected chi connectivity index (χ0v) is 13.7. The molecule has 8 heteroatoms. The van der Waals surface area contributed by atoms with Crippen molar-refractivity contribution >= 4 is 22.8 Å². The number of nitrogens with one attached hydrogen (secondary N) is 1. The molecule has 0 aliphatic rings. The van der Waals surface area contributed by atoms with E-state index in [0.717, 1.165) is 5.56 Å². The summed E-state index contributed by atoms with van der Waals surface area (Å²) in [5, 5.41) is 3.01. The first kappa shape index (κ1) is 16.6. The average molecular weight is 341 g/mol. The summed E-state index contributed by atoms with van der Waals surface area (Å²) in [7, 11) is 1.52. The van der Waals surface area contributed by atoms with Crippen molar-refractivity contribution in [2.45, 2.75) is 13.5 Å². The highest BCUT2D eigenvalue weighted by Crippen LogP contribution is 2.20. The number of hydrogen-bond donors (Lipinski definition) is 2. The predicted molar refractivity (Wildman–Crippen MR) is 90.6 cm³/mol. The molecule has 0 saturated heterocycles. The maximum atomic E-state index is 13.9. The number of pyridine rings is 1. The minimum absolute atomic E-state index is 0.0100. The fourth-order valence-electron chi connectivity index (χ4n) is 2.40. The maximum Gasteiger partial charge on any atom is 0.271 e. The lowest BCUT2D eigenvalue weighted by molar-refractivity contribution is 0.0947. The Morgan fingerprint density at radius 1 is 1.24 bits per heavy atom. The van der Waals surface area contributed by atoms with E-state index in [4.69, 9.17) is 10.5 Å². The zero-order valence-electron chi connectivity index (χ0n) is 13.7. The van der Waals surface area contributed by atoms with Gasteiger partial charge in [0.15, 0.2) is 0 Å². The zero-order chi connectivity index (χ0) is 18.0. The van der Waals surface area contributed by atoms with E-state index in [1.54, 1.807) is 12.1 Å². The number of nitrogens with zero attached hydrogens (tertiary/aromatic N) is 3. The van der Waals surface area contributed by atoms with Crippen LogP contribution in [0.5, 0.6) is 5.88 Å². The Hall–Kier alpha value is -3.29. The SMILES string of the molecule is COc1ccc(C)c(CNC(=O)c2nc(N)nc3c(F)cccc23)n1. The molecule has 2 aromatic heterocycles. The number of nitrogen functional groups attached to an aromatic ring is 1. The molecule has 128 valence electrons. The molecule has 0 bridgehead atoms. The highest BCUT2D eigenvalue weighted by Gasteiger charge is 2.16. The molecule has 0 saturated carbocycles. The molecule has 0 aliphatic heterocycles. The number of methoxy groups -OCH3 is 1. The molecule has 0 fully saturated rings. The van der Waals surface area contributed by atoms with Crippen molar-refractivity contribution in [1.29, 1.82) is 0 Å². The van der Waals surface area contributed by atoms with Gasteiger partial charge in [0.05, 0.1) is 19.3 Å². The van der Waals surface area contributed by atoms with Crippen molar-refractivity contribution in [3.8, 4) is 5.88 Å². The van der Waals surface area contributed by atoms with Gasteiger partial charge in [0, 0.05) is 11.5 Å². The lowest BCUT2D eigenvalue weighted by Crippen LogP contribution is -2.25. The first-order valence-corrected chi connectivity index (χ1v) is 7.50. The first-order chi connectivity index (χ1) is 12.0. The number of aromatic nitrogens is 3. The van der Waals surface area contributed by atoms with Gasteiger partial charge in [-0.1, -0.05) is 18.2 Å². The number of hydrogen-bond acceptors (Lipinski definition) is 6. The summed E-state index contributed by atoms with van der Waals surface area (Å²) >= 11 is 0. The molecule has 0 aliphatic carbocycles. The van der Waals surface area contributed by atoms with Gasteiger partial charge in [-0.05, 0) is 18.6 Å². The lowest BCUT2D eigenvalue weighted by Gasteiger charge is -2.10. The fraction of sp³-hybridized carbons (Fsp3) is 0.176. The van der Waals surface area contributed by atoms with Crippen LogP contribution in [0.4, 0.5) is 10.3 Å². The van der Waals surface area contributed by atoms with Crippen molar-refractivity contribution in [2.75, 3.05) is 12.8 Å². The number of carbonyl (C=O) groups is 1. The third kappa shape index (κ3) is 3.32. The Labute approximate surface area is 143 Å². The molecule has 0 spiro atoms. The molecule has 3 N–H and O–H groups in total. The van der Waals surface area contributed by atoms with Gasteiger partial charge in [-0.15, -0.1) is 0 Å². The lowest BCUT2D eigenvalue weighted by atomic mass is 10.1. The minimum Gasteiger partial charge on any atom is -0.481 e. The highest BCUT2D eigenvalue weighted by atomic mass is 19.1. The van der Waals surface area contributed by atoms with Crippen molar-refractivity contribution in [3.05, 3.63) is 53.1 Å². The van der Waals surface area contributed by atoms with Crippen LogP contribution in [-0.2, 0) is 6.54 Å². The monoisotopic (exact) mass is 341 g/mol. The van der Waals surface area contributed by atoms with Crippen molar-refractivity contribution in [2.24, 2.45) is 0 Å². The number of para-hydroxylation sites is 1. The van der Waals surface area contributed by atoms with E-state index < -0.39 is 11.7 Å². The Balaban J connectivity index is 1.90. The van der Waals surface area contributed by atoms with Crippen molar-refractivity contribution in [1.82, 2.24) is 20.3 Å². The first-order valence-electron chi connectivity index (χ1n) is 7.50. The van der Waals surface area contributed by atoms with Crippen molar-refractivity contribution in [3.63, 3.8) is 0 Å². The van der Waals surface area contributed by atoms with E-state index in [-0.39, 0.29) is 23.7 Å². The summed E-state index contributed by atoms with van der Waals surface area (Å²) in [5.41, 5.74) is 7.19. The second-order valence-corrected chi connectivity index (χ2v) is 5.37. The van der Waals surface area contributed by atoms with Crippen LogP contribution < -0.4 is 15.8 Å². The Morgan fingerprint density at radius 2 is 2.04 bits per heavy atom. The quantitative estimate of drug-likeness (QED) is 0.752. The van der Waals surface area contributed by atoms with Crippen LogP contribution in [0, 0.1) is 12.7 Å². The van der Waals surface area contributed by atoms with Gasteiger partial charge >= 0.3 is 0 Å². The number of halogens is 1. The topological polar surface area (TPSA) is 103 Å². The molecule has 1 amide bonds. The molecular weight excluding hydrogens is 325 g/mol. The second-order valence-electron chi connectivity index (χ2n) is 5.37. The summed E-state index contributed by atoms with van der Waals surface area (Å²) < 4.78 is 19.0. The summed E-state index contributed by atoms with van der Waals surface area (Å²) in [6.07, 6.45) is 0. The summed E-state index contributed by atoms with van der Waals surface area (Å²) in [4.78, 5) is 24.6. The number of aryl methyl sites for hydroxylation is 1. The van der Waals surface area contributed by atoms with E-state index in [9.17, 15) is 9.18 Å². The summed E-state index contributed by atoms with van der Waals surface area (Å²) in [6.45, 7) is 2.05. The molecule has 3 aromatic rings. The van der Waals surface area contributed by atoms with Gasteiger partial charge in [0.25, 0.3) is 5.91 Å². The van der Waals surface area contributed by atoms with Crippen LogP contribution in [0.1, 0.15) is 21.7 Å². The van der Waals surface area contributed by atoms with Crippen LogP contribution >= 0.6 is 0 Å². The van der Waals surface area contributed by atoms with E-state index >= 15 is 0 Å². The predicted octanol–water partition coefficient (Wildman–Crippen LogP) is 1.99. The smallest absolute Gasteiger partial charge is 0.271 e. The van der Waals surface area contributed by atoms with Gasteiger partial charge in [0.1, 0.15) is 17.0 Å². The van der Waals surface area contributed by atoms with Crippen molar-refractivity contribution < 1.29 is 13.9 Å². The van der Waals surface area contributed by atoms with Crippen LogP contribution in [-0.4, -0.2) is 28.0 Å². The summed E-state index contributed by atoms with van der Waals surface area (Å²) in [5.74, 6) is -0.772. The van der Waals surface area contributed by atoms with Gasteiger partial charge in [-0.2, -0.15) is 0 Å². The average Bonchev–Trinajstić information content (AvgIpc) is 2.61. The third-order valence-electron chi connectivity index (χ3n) is 3.71. The van der Waals surface area contributed by atoms with E-state index in [2.05, 4.69) is 20.3 Å². The molecule has 1 aromatic carbocycles. The van der Waals surface area contributed by atoms with Crippen LogP contribution in [0.15, 0.2) is 30.3 Å². The molecule has 7 nitrogen and oxygen atoms in total. The van der Waals surface area contributed by atoms with E-state index in [0.29, 0.717) is 17.0 Å². The number of anilines is 1. The van der Waals surface area contributed by atoms with Crippen LogP contribution in [0.25, 0.3) is 10.9 Å². The Morgan fingerprint density at radius 3 is 2.80 bits per heavy atom. The van der Waals surface area contributed by atoms with Crippen LogP contribution in [0.3, 0.4) is 0 Å². The maximum absolute atomic E-state index is 13.9.